The molecule has 1 aromatic carbocycles. The van der Waals surface area contributed by atoms with Crippen LogP contribution in [0.3, 0.4) is 0 Å². The Hall–Kier alpha value is -2.46. The molecule has 2 aliphatic rings. The topological polar surface area (TPSA) is 73.4 Å². The second-order valence-corrected chi connectivity index (χ2v) is 10.0. The van der Waals surface area contributed by atoms with Gasteiger partial charge >= 0.3 is 6.18 Å². The number of aromatic nitrogens is 2. The van der Waals surface area contributed by atoms with E-state index in [9.17, 15) is 18.0 Å². The highest BCUT2D eigenvalue weighted by Crippen LogP contribution is 2.34. The van der Waals surface area contributed by atoms with Gasteiger partial charge in [0.25, 0.3) is 0 Å². The minimum Gasteiger partial charge on any atom is -0.360 e. The number of fused-ring (bicyclic) bond motifs is 1. The number of hydrogen-bond acceptors (Lipinski definition) is 6. The van der Waals surface area contributed by atoms with Gasteiger partial charge in [0.1, 0.15) is 12.1 Å². The van der Waals surface area contributed by atoms with Crippen LogP contribution >= 0.6 is 0 Å². The summed E-state index contributed by atoms with van der Waals surface area (Å²) in [4.78, 5) is 25.3. The molecule has 192 valence electrons. The summed E-state index contributed by atoms with van der Waals surface area (Å²) in [5.74, 6) is 0.777. The highest BCUT2D eigenvalue weighted by atomic mass is 19.4. The minimum absolute atomic E-state index is 0.0626. The Kier molecular flexibility index (Phi) is 7.80. The molecule has 0 spiro atoms. The first-order valence-electron chi connectivity index (χ1n) is 12.4. The predicted octanol–water partition coefficient (Wildman–Crippen LogP) is 3.76. The van der Waals surface area contributed by atoms with Crippen LogP contribution < -0.4 is 10.6 Å². The molecule has 1 aliphatic carbocycles. The Balaban J connectivity index is 1.23. The maximum Gasteiger partial charge on any atom is 0.416 e. The van der Waals surface area contributed by atoms with E-state index < -0.39 is 11.7 Å². The number of nitrogens with zero attached hydrogens (tertiary/aromatic N) is 4. The van der Waals surface area contributed by atoms with Gasteiger partial charge in [-0.05, 0) is 70.3 Å². The van der Waals surface area contributed by atoms with Crippen molar-refractivity contribution in [3.63, 3.8) is 0 Å². The molecule has 10 heteroatoms. The van der Waals surface area contributed by atoms with E-state index in [0.717, 1.165) is 31.1 Å². The van der Waals surface area contributed by atoms with Crippen LogP contribution in [0.4, 0.5) is 19.0 Å². The van der Waals surface area contributed by atoms with Crippen molar-refractivity contribution in [3.8, 4) is 0 Å². The third kappa shape index (κ3) is 6.03. The van der Waals surface area contributed by atoms with Crippen molar-refractivity contribution in [1.29, 1.82) is 0 Å². The molecule has 1 amide bonds. The highest BCUT2D eigenvalue weighted by molar-refractivity contribution is 5.91. The summed E-state index contributed by atoms with van der Waals surface area (Å²) in [5, 5.41) is 6.13. The van der Waals surface area contributed by atoms with Gasteiger partial charge in [-0.15, -0.1) is 0 Å². The van der Waals surface area contributed by atoms with Crippen molar-refractivity contribution in [1.82, 2.24) is 25.1 Å². The fourth-order valence-electron chi connectivity index (χ4n) is 5.69. The molecule has 2 N–H and O–H groups in total. The van der Waals surface area contributed by atoms with Crippen LogP contribution in [-0.4, -0.2) is 77.5 Å². The molecule has 2 fully saturated rings. The number of carbonyl (C=O) groups is 1. The van der Waals surface area contributed by atoms with E-state index in [1.807, 2.05) is 0 Å². The first kappa shape index (κ1) is 25.6. The van der Waals surface area contributed by atoms with E-state index in [-0.39, 0.29) is 29.7 Å². The number of likely N-dealkylation sites (tertiary alicyclic amines) is 1. The smallest absolute Gasteiger partial charge is 0.360 e. The molecule has 7 nitrogen and oxygen atoms in total. The average molecular weight is 493 g/mol. The van der Waals surface area contributed by atoms with Gasteiger partial charge in [-0.1, -0.05) is 6.92 Å². The molecule has 0 bridgehead atoms. The third-order valence-electron chi connectivity index (χ3n) is 7.54. The Morgan fingerprint density at radius 3 is 2.51 bits per heavy atom. The van der Waals surface area contributed by atoms with Gasteiger partial charge in [-0.3, -0.25) is 9.69 Å². The van der Waals surface area contributed by atoms with Gasteiger partial charge < -0.3 is 15.5 Å². The Labute approximate surface area is 204 Å². The molecule has 1 aromatic heterocycles. The molecule has 4 rings (SSSR count). The molecular formula is C25H35F3N6O. The number of nitrogens with one attached hydrogen (secondary N) is 2. The molecular weight excluding hydrogens is 457 g/mol. The van der Waals surface area contributed by atoms with E-state index >= 15 is 0 Å². The summed E-state index contributed by atoms with van der Waals surface area (Å²) in [6.45, 7) is 3.89. The molecule has 0 radical (unpaired) electrons. The summed E-state index contributed by atoms with van der Waals surface area (Å²) in [7, 11) is 4.34. The number of alkyl halides is 3. The fraction of sp³-hybridized carbons (Fsp3) is 0.640. The number of anilines is 1. The molecule has 0 unspecified atom stereocenters. The lowest BCUT2D eigenvalue weighted by Crippen LogP contribution is -2.63. The zero-order chi connectivity index (χ0) is 25.2. The summed E-state index contributed by atoms with van der Waals surface area (Å²) in [6, 6.07) is 4.66. The predicted molar refractivity (Wildman–Crippen MR) is 130 cm³/mol. The number of carbonyl (C=O) groups excluding carboxylic acids is 1. The Bertz CT molecular complexity index is 1020. The number of rotatable bonds is 8. The Morgan fingerprint density at radius 2 is 1.89 bits per heavy atom. The van der Waals surface area contributed by atoms with Gasteiger partial charge in [0.2, 0.25) is 5.91 Å². The molecule has 1 aliphatic heterocycles. The van der Waals surface area contributed by atoms with Crippen LogP contribution in [-0.2, 0) is 11.0 Å². The summed E-state index contributed by atoms with van der Waals surface area (Å²) >= 11 is 0. The molecule has 1 saturated carbocycles. The second-order valence-electron chi connectivity index (χ2n) is 10.0. The van der Waals surface area contributed by atoms with Crippen LogP contribution in [0.25, 0.3) is 10.9 Å². The van der Waals surface area contributed by atoms with Crippen molar-refractivity contribution in [3.05, 3.63) is 30.1 Å². The third-order valence-corrected chi connectivity index (χ3v) is 7.54. The maximum atomic E-state index is 13.1. The van der Waals surface area contributed by atoms with Gasteiger partial charge in [0.15, 0.2) is 0 Å². The van der Waals surface area contributed by atoms with Crippen LogP contribution in [0.15, 0.2) is 24.5 Å². The summed E-state index contributed by atoms with van der Waals surface area (Å²) in [6.07, 6.45) is 2.91. The lowest BCUT2D eigenvalue weighted by atomic mass is 9.79. The standard InChI is InChI=1S/C25H35F3N6O/c1-4-22(33(2)3)16-5-8-19(9-6-16)34-13-18(14-34)32-23(35)12-29-24-20-11-17(25(26,27)28)7-10-21(20)30-15-31-24/h7,10-11,15-16,18-19,22H,4-6,8-9,12-14H2,1-3H3,(H,32,35)(H,29,30,31)/t16-,19-,22-/m1/s1. The maximum absolute atomic E-state index is 13.1. The molecule has 2 heterocycles. The van der Waals surface area contributed by atoms with Crippen LogP contribution in [0.1, 0.15) is 44.6 Å². The quantitative estimate of drug-likeness (QED) is 0.585. The van der Waals surface area contributed by atoms with Gasteiger partial charge in [0, 0.05) is 30.6 Å². The molecule has 1 saturated heterocycles. The van der Waals surface area contributed by atoms with E-state index in [4.69, 9.17) is 0 Å². The van der Waals surface area contributed by atoms with Gasteiger partial charge in [-0.25, -0.2) is 9.97 Å². The number of hydrogen-bond donors (Lipinski definition) is 2. The molecule has 1 atom stereocenters. The zero-order valence-electron chi connectivity index (χ0n) is 20.6. The first-order valence-corrected chi connectivity index (χ1v) is 12.4. The monoisotopic (exact) mass is 492 g/mol. The molecule has 2 aromatic rings. The average Bonchev–Trinajstić information content (AvgIpc) is 2.79. The van der Waals surface area contributed by atoms with E-state index in [1.165, 1.54) is 44.5 Å². The van der Waals surface area contributed by atoms with Crippen LogP contribution in [0, 0.1) is 5.92 Å². The number of halogens is 3. The fourth-order valence-corrected chi connectivity index (χ4v) is 5.69. The normalized spacial score (nSPS) is 22.7. The highest BCUT2D eigenvalue weighted by Gasteiger charge is 2.36. The van der Waals surface area contributed by atoms with Crippen molar-refractivity contribution >= 4 is 22.6 Å². The molecule has 35 heavy (non-hydrogen) atoms. The second kappa shape index (κ2) is 10.7. The van der Waals surface area contributed by atoms with Crippen molar-refractivity contribution in [2.45, 2.75) is 63.3 Å². The summed E-state index contributed by atoms with van der Waals surface area (Å²) < 4.78 is 39.3. The minimum atomic E-state index is -4.46. The van der Waals surface area contributed by atoms with E-state index in [2.05, 4.69) is 51.4 Å². The number of benzene rings is 1. The lowest BCUT2D eigenvalue weighted by molar-refractivity contribution is -0.137. The van der Waals surface area contributed by atoms with Crippen molar-refractivity contribution < 1.29 is 18.0 Å². The summed E-state index contributed by atoms with van der Waals surface area (Å²) in [5.41, 5.74) is -0.390. The first-order chi connectivity index (χ1) is 16.7. The SMILES string of the molecule is CC[C@H]([C@H]1CC[C@H](N2CC(NC(=O)CNc3ncnc4ccc(C(F)(F)F)cc34)C2)CC1)N(C)C. The van der Waals surface area contributed by atoms with Crippen molar-refractivity contribution in [2.75, 3.05) is 39.0 Å². The Morgan fingerprint density at radius 1 is 1.17 bits per heavy atom. The lowest BCUT2D eigenvalue weighted by Gasteiger charge is -2.47. The van der Waals surface area contributed by atoms with Gasteiger partial charge in [-0.2, -0.15) is 13.2 Å². The van der Waals surface area contributed by atoms with E-state index in [0.29, 0.717) is 17.6 Å². The van der Waals surface area contributed by atoms with Gasteiger partial charge in [0.05, 0.1) is 23.7 Å². The number of amides is 1. The van der Waals surface area contributed by atoms with Crippen LogP contribution in [0.2, 0.25) is 0 Å². The van der Waals surface area contributed by atoms with E-state index in [1.54, 1.807) is 0 Å². The largest absolute Gasteiger partial charge is 0.416 e. The van der Waals surface area contributed by atoms with Crippen LogP contribution in [0.5, 0.6) is 0 Å². The zero-order valence-corrected chi connectivity index (χ0v) is 20.6. The van der Waals surface area contributed by atoms with Crippen molar-refractivity contribution in [2.24, 2.45) is 5.92 Å².